The van der Waals surface area contributed by atoms with Crippen LogP contribution in [0.4, 0.5) is 0 Å². The lowest BCUT2D eigenvalue weighted by molar-refractivity contribution is -0.155. The highest BCUT2D eigenvalue weighted by atomic mass is 16.5. The lowest BCUT2D eigenvalue weighted by Crippen LogP contribution is -2.26. The highest BCUT2D eigenvalue weighted by Gasteiger charge is 2.26. The van der Waals surface area contributed by atoms with Crippen molar-refractivity contribution >= 4 is 17.9 Å². The number of rotatable bonds is 18. The molecule has 0 saturated carbocycles. The largest absolute Gasteiger partial charge is 0.466 e. The van der Waals surface area contributed by atoms with Crippen LogP contribution in [0.15, 0.2) is 0 Å². The summed E-state index contributed by atoms with van der Waals surface area (Å²) in [5, 5.41) is 0. The molecule has 0 fully saturated rings. The molecule has 0 aliphatic heterocycles. The Hall–Kier alpha value is -1.59. The first-order valence-corrected chi connectivity index (χ1v) is 11.7. The molecular formula is C24H44O6. The monoisotopic (exact) mass is 428 g/mol. The molecule has 0 saturated heterocycles. The van der Waals surface area contributed by atoms with Crippen molar-refractivity contribution in [1.29, 1.82) is 0 Å². The maximum absolute atomic E-state index is 11.8. The van der Waals surface area contributed by atoms with Gasteiger partial charge >= 0.3 is 17.9 Å². The zero-order valence-corrected chi connectivity index (χ0v) is 19.9. The second kappa shape index (κ2) is 17.1. The van der Waals surface area contributed by atoms with Crippen molar-refractivity contribution in [3.05, 3.63) is 0 Å². The summed E-state index contributed by atoms with van der Waals surface area (Å²) in [6, 6.07) is 0. The lowest BCUT2D eigenvalue weighted by Gasteiger charge is -2.20. The van der Waals surface area contributed by atoms with Gasteiger partial charge in [0.1, 0.15) is 0 Å². The summed E-state index contributed by atoms with van der Waals surface area (Å²) in [7, 11) is 0. The fourth-order valence-electron chi connectivity index (χ4n) is 2.85. The van der Waals surface area contributed by atoms with Crippen LogP contribution in [0, 0.1) is 11.3 Å². The molecule has 0 aromatic heterocycles. The molecule has 0 aliphatic rings. The van der Waals surface area contributed by atoms with Crippen LogP contribution in [0.3, 0.4) is 0 Å². The molecule has 0 aliphatic carbocycles. The Balaban J connectivity index is 3.56. The molecule has 0 atom stereocenters. The highest BCUT2D eigenvalue weighted by molar-refractivity contribution is 5.75. The van der Waals surface area contributed by atoms with Gasteiger partial charge < -0.3 is 14.2 Å². The standard InChI is InChI=1S/C24H44O6/c1-6-20(7-2)14-12-18-29-21(25)15-10-9-11-17-28-22(26)16-13-19-30-23(27)24(4,5)8-3/h20H,6-19H2,1-5H3. The summed E-state index contributed by atoms with van der Waals surface area (Å²) in [6.45, 7) is 11.1. The van der Waals surface area contributed by atoms with Gasteiger partial charge in [-0.2, -0.15) is 0 Å². The predicted octanol–water partition coefficient (Wildman–Crippen LogP) is 5.61. The zero-order valence-electron chi connectivity index (χ0n) is 19.9. The summed E-state index contributed by atoms with van der Waals surface area (Å²) in [5.41, 5.74) is -0.486. The van der Waals surface area contributed by atoms with Gasteiger partial charge in [-0.05, 0) is 64.7 Å². The van der Waals surface area contributed by atoms with Gasteiger partial charge in [0.2, 0.25) is 0 Å². The van der Waals surface area contributed by atoms with Crippen LogP contribution in [-0.4, -0.2) is 37.7 Å². The van der Waals surface area contributed by atoms with E-state index in [2.05, 4.69) is 13.8 Å². The molecule has 0 N–H and O–H groups in total. The van der Waals surface area contributed by atoms with E-state index >= 15 is 0 Å². The third kappa shape index (κ3) is 14.4. The molecule has 0 bridgehead atoms. The number of carbonyl (C=O) groups is 3. The first-order chi connectivity index (χ1) is 14.3. The van der Waals surface area contributed by atoms with Crippen LogP contribution in [0.1, 0.15) is 105 Å². The van der Waals surface area contributed by atoms with Crippen molar-refractivity contribution in [2.24, 2.45) is 11.3 Å². The number of esters is 3. The fourth-order valence-corrected chi connectivity index (χ4v) is 2.85. The molecule has 0 rings (SSSR count). The van der Waals surface area contributed by atoms with Gasteiger partial charge in [-0.1, -0.05) is 33.6 Å². The molecule has 0 radical (unpaired) electrons. The van der Waals surface area contributed by atoms with E-state index in [-0.39, 0.29) is 30.9 Å². The molecule has 0 spiro atoms. The smallest absolute Gasteiger partial charge is 0.311 e. The second-order valence-electron chi connectivity index (χ2n) is 8.55. The number of carbonyl (C=O) groups excluding carboxylic acids is 3. The minimum Gasteiger partial charge on any atom is -0.466 e. The molecule has 0 unspecified atom stereocenters. The van der Waals surface area contributed by atoms with Crippen molar-refractivity contribution < 1.29 is 28.6 Å². The number of ether oxygens (including phenoxy) is 3. The summed E-state index contributed by atoms with van der Waals surface area (Å²) in [6.07, 6.45) is 8.53. The number of hydrogen-bond donors (Lipinski definition) is 0. The van der Waals surface area contributed by atoms with E-state index in [0.29, 0.717) is 32.5 Å². The first kappa shape index (κ1) is 28.4. The van der Waals surface area contributed by atoms with Crippen molar-refractivity contribution in [2.45, 2.75) is 105 Å². The van der Waals surface area contributed by atoms with Crippen molar-refractivity contribution in [3.8, 4) is 0 Å². The molecule has 6 heteroatoms. The Morgan fingerprint density at radius 2 is 1.23 bits per heavy atom. The quantitative estimate of drug-likeness (QED) is 0.160. The molecule has 176 valence electrons. The van der Waals surface area contributed by atoms with Crippen LogP contribution < -0.4 is 0 Å². The summed E-state index contributed by atoms with van der Waals surface area (Å²) in [4.78, 5) is 35.2. The zero-order chi connectivity index (χ0) is 22.8. The molecule has 0 heterocycles. The van der Waals surface area contributed by atoms with Crippen LogP contribution in [-0.2, 0) is 28.6 Å². The van der Waals surface area contributed by atoms with Crippen molar-refractivity contribution in [2.75, 3.05) is 19.8 Å². The SMILES string of the molecule is CCC(CC)CCCOC(=O)CCCCCOC(=O)CCCOC(=O)C(C)(C)CC. The highest BCUT2D eigenvalue weighted by Crippen LogP contribution is 2.21. The third-order valence-electron chi connectivity index (χ3n) is 5.66. The fraction of sp³-hybridized carbons (Fsp3) is 0.875. The van der Waals surface area contributed by atoms with Gasteiger partial charge in [-0.25, -0.2) is 0 Å². The van der Waals surface area contributed by atoms with Crippen LogP contribution in [0.2, 0.25) is 0 Å². The Bertz CT molecular complexity index is 482. The minimum absolute atomic E-state index is 0.141. The predicted molar refractivity (Wildman–Crippen MR) is 118 cm³/mol. The molecular weight excluding hydrogens is 384 g/mol. The van der Waals surface area contributed by atoms with Crippen LogP contribution >= 0.6 is 0 Å². The Labute approximate surface area is 183 Å². The Kier molecular flexibility index (Phi) is 16.2. The van der Waals surface area contributed by atoms with E-state index in [1.54, 1.807) is 0 Å². The van der Waals surface area contributed by atoms with Gasteiger partial charge in [0.25, 0.3) is 0 Å². The van der Waals surface area contributed by atoms with Gasteiger partial charge in [-0.3, -0.25) is 14.4 Å². The molecule has 0 amide bonds. The molecule has 6 nitrogen and oxygen atoms in total. The topological polar surface area (TPSA) is 78.9 Å². The van der Waals surface area contributed by atoms with E-state index in [4.69, 9.17) is 14.2 Å². The molecule has 0 aromatic carbocycles. The Morgan fingerprint density at radius 3 is 1.80 bits per heavy atom. The third-order valence-corrected chi connectivity index (χ3v) is 5.66. The number of hydrogen-bond acceptors (Lipinski definition) is 6. The average Bonchev–Trinajstić information content (AvgIpc) is 2.73. The summed E-state index contributed by atoms with van der Waals surface area (Å²) >= 11 is 0. The molecule has 30 heavy (non-hydrogen) atoms. The minimum atomic E-state index is -0.486. The van der Waals surface area contributed by atoms with Crippen molar-refractivity contribution in [1.82, 2.24) is 0 Å². The average molecular weight is 429 g/mol. The normalized spacial score (nSPS) is 11.4. The van der Waals surface area contributed by atoms with E-state index < -0.39 is 5.41 Å². The van der Waals surface area contributed by atoms with Gasteiger partial charge in [0.15, 0.2) is 0 Å². The first-order valence-electron chi connectivity index (χ1n) is 11.7. The summed E-state index contributed by atoms with van der Waals surface area (Å²) in [5.74, 6) is 0.0765. The maximum atomic E-state index is 11.8. The van der Waals surface area contributed by atoms with Crippen LogP contribution in [0.5, 0.6) is 0 Å². The van der Waals surface area contributed by atoms with Crippen molar-refractivity contribution in [3.63, 3.8) is 0 Å². The molecule has 0 aromatic rings. The van der Waals surface area contributed by atoms with E-state index in [1.807, 2.05) is 20.8 Å². The second-order valence-corrected chi connectivity index (χ2v) is 8.55. The number of unbranched alkanes of at least 4 members (excludes halogenated alkanes) is 2. The van der Waals surface area contributed by atoms with Crippen LogP contribution in [0.25, 0.3) is 0 Å². The van der Waals surface area contributed by atoms with E-state index in [0.717, 1.165) is 38.0 Å². The van der Waals surface area contributed by atoms with Gasteiger partial charge in [0.05, 0.1) is 25.2 Å². The van der Waals surface area contributed by atoms with Gasteiger partial charge in [-0.15, -0.1) is 0 Å². The summed E-state index contributed by atoms with van der Waals surface area (Å²) < 4.78 is 15.6. The van der Waals surface area contributed by atoms with E-state index in [9.17, 15) is 14.4 Å². The van der Waals surface area contributed by atoms with E-state index in [1.165, 1.54) is 12.8 Å². The lowest BCUT2D eigenvalue weighted by atomic mass is 9.91. The maximum Gasteiger partial charge on any atom is 0.311 e. The Morgan fingerprint density at radius 1 is 0.700 bits per heavy atom. The van der Waals surface area contributed by atoms with Gasteiger partial charge in [0, 0.05) is 12.8 Å².